The lowest BCUT2D eigenvalue weighted by Crippen LogP contribution is -2.83. The average Bonchev–Trinajstić information content (AvgIpc) is 3.19. The summed E-state index contributed by atoms with van der Waals surface area (Å²) in [5.41, 5.74) is 1.51. The minimum Gasteiger partial charge on any atom is -0.457 e. The summed E-state index contributed by atoms with van der Waals surface area (Å²) < 4.78 is 19.5. The molecule has 0 aromatic heterocycles. The summed E-state index contributed by atoms with van der Waals surface area (Å²) in [6.45, 7) is 10.3. The number of nitrogens with zero attached hydrogens (tertiary/aromatic N) is 1. The Morgan fingerprint density at radius 2 is 2.03 bits per heavy atom. The third kappa shape index (κ3) is 1.74. The molecule has 0 N–H and O–H groups in total. The summed E-state index contributed by atoms with van der Waals surface area (Å²) in [4.78, 5) is 14.7. The number of piperidine rings is 1. The Labute approximate surface area is 173 Å². The zero-order valence-electron chi connectivity index (χ0n) is 17.7. The quantitative estimate of drug-likeness (QED) is 0.499. The molecule has 4 aliphatic heterocycles. The van der Waals surface area contributed by atoms with Crippen LogP contribution in [0.1, 0.15) is 58.8 Å². The fraction of sp³-hybridized carbons (Fsp3) is 0.875. The lowest BCUT2D eigenvalue weighted by molar-refractivity contribution is -0.422. The van der Waals surface area contributed by atoms with Crippen LogP contribution in [0.4, 0.5) is 0 Å². The highest BCUT2D eigenvalue weighted by molar-refractivity contribution is 5.67. The lowest BCUT2D eigenvalue weighted by atomic mass is 9.32. The van der Waals surface area contributed by atoms with E-state index >= 15 is 0 Å². The number of fused-ring (bicyclic) bond motifs is 4. The van der Waals surface area contributed by atoms with Crippen LogP contribution in [0, 0.1) is 34.0 Å². The van der Waals surface area contributed by atoms with Crippen LogP contribution >= 0.6 is 0 Å². The van der Waals surface area contributed by atoms with Crippen LogP contribution < -0.4 is 0 Å². The Bertz CT molecular complexity index is 813. The van der Waals surface area contributed by atoms with Crippen LogP contribution in [0.2, 0.25) is 0 Å². The Hall–Kier alpha value is -0.910. The predicted molar refractivity (Wildman–Crippen MR) is 106 cm³/mol. The number of carbonyl (C=O) groups excluding carboxylic acids is 1. The molecule has 5 saturated carbocycles. The Balaban J connectivity index is 1.42. The Morgan fingerprint density at radius 3 is 2.86 bits per heavy atom. The number of carbonyl (C=O) groups is 1. The van der Waals surface area contributed by atoms with Gasteiger partial charge in [-0.3, -0.25) is 4.79 Å². The Kier molecular flexibility index (Phi) is 3.23. The van der Waals surface area contributed by atoms with Crippen molar-refractivity contribution < 1.29 is 19.0 Å². The van der Waals surface area contributed by atoms with E-state index in [1.165, 1.54) is 37.7 Å². The molecule has 0 amide bonds. The molecule has 7 bridgehead atoms. The zero-order valence-corrected chi connectivity index (χ0v) is 17.7. The monoisotopic (exact) mass is 399 g/mol. The van der Waals surface area contributed by atoms with E-state index in [1.54, 1.807) is 6.92 Å². The van der Waals surface area contributed by atoms with Gasteiger partial charge in [0.25, 0.3) is 0 Å². The van der Waals surface area contributed by atoms with Gasteiger partial charge in [0.05, 0.1) is 12.7 Å². The van der Waals surface area contributed by atoms with Crippen molar-refractivity contribution in [3.05, 3.63) is 12.2 Å². The molecule has 5 aliphatic carbocycles. The molecule has 2 unspecified atom stereocenters. The van der Waals surface area contributed by atoms with Crippen LogP contribution in [0.3, 0.4) is 0 Å². The van der Waals surface area contributed by atoms with Crippen molar-refractivity contribution >= 4 is 5.97 Å². The van der Waals surface area contributed by atoms with Gasteiger partial charge in [0.2, 0.25) is 0 Å². The SMILES string of the molecule is C=C1C(OC(C)=O)[C@]23CC[C@H]1C[C@H]2[C@@]12CCCC4(C)[C@@H]5OCCN5[C@H]1O[C@@H]3C[C@@H]42. The molecule has 9 fully saturated rings. The third-order valence-corrected chi connectivity index (χ3v) is 10.7. The van der Waals surface area contributed by atoms with Gasteiger partial charge in [0.15, 0.2) is 0 Å². The van der Waals surface area contributed by atoms with E-state index in [4.69, 9.17) is 14.2 Å². The van der Waals surface area contributed by atoms with E-state index in [0.29, 0.717) is 17.8 Å². The average molecular weight is 400 g/mol. The van der Waals surface area contributed by atoms with Gasteiger partial charge in [0, 0.05) is 29.7 Å². The molecular formula is C24H33NO4. The van der Waals surface area contributed by atoms with Gasteiger partial charge in [-0.2, -0.15) is 0 Å². The maximum atomic E-state index is 12.1. The van der Waals surface area contributed by atoms with E-state index in [9.17, 15) is 4.79 Å². The molecule has 5 nitrogen and oxygen atoms in total. The summed E-state index contributed by atoms with van der Waals surface area (Å²) in [7, 11) is 0. The number of esters is 1. The van der Waals surface area contributed by atoms with E-state index in [2.05, 4.69) is 18.4 Å². The van der Waals surface area contributed by atoms with Crippen molar-refractivity contribution in [3.63, 3.8) is 0 Å². The lowest BCUT2D eigenvalue weighted by Gasteiger charge is -2.80. The first-order valence-corrected chi connectivity index (χ1v) is 11.8. The molecule has 9 rings (SSSR count). The first kappa shape index (κ1) is 17.7. The van der Waals surface area contributed by atoms with Crippen LogP contribution in [0.15, 0.2) is 12.2 Å². The third-order valence-electron chi connectivity index (χ3n) is 10.7. The largest absolute Gasteiger partial charge is 0.457 e. The second kappa shape index (κ2) is 5.28. The van der Waals surface area contributed by atoms with Crippen molar-refractivity contribution in [2.75, 3.05) is 13.2 Å². The van der Waals surface area contributed by atoms with Crippen LogP contribution in [-0.2, 0) is 19.0 Å². The number of rotatable bonds is 1. The molecular weight excluding hydrogens is 366 g/mol. The highest BCUT2D eigenvalue weighted by atomic mass is 16.6. The predicted octanol–water partition coefficient (Wildman–Crippen LogP) is 3.48. The fourth-order valence-electron chi connectivity index (χ4n) is 10.0. The van der Waals surface area contributed by atoms with E-state index in [-0.39, 0.29) is 46.9 Å². The molecule has 158 valence electrons. The van der Waals surface area contributed by atoms with E-state index in [0.717, 1.165) is 26.0 Å². The van der Waals surface area contributed by atoms with Crippen molar-refractivity contribution in [2.24, 2.45) is 34.0 Å². The van der Waals surface area contributed by atoms with Crippen molar-refractivity contribution in [3.8, 4) is 0 Å². The molecule has 5 heteroatoms. The topological polar surface area (TPSA) is 48.0 Å². The molecule has 10 atom stereocenters. The maximum Gasteiger partial charge on any atom is 0.303 e. The van der Waals surface area contributed by atoms with Gasteiger partial charge in [0.1, 0.15) is 18.6 Å². The number of hydrogen-bond acceptors (Lipinski definition) is 5. The molecule has 0 radical (unpaired) electrons. The van der Waals surface area contributed by atoms with Gasteiger partial charge in [-0.1, -0.05) is 19.9 Å². The first-order valence-electron chi connectivity index (χ1n) is 11.8. The van der Waals surface area contributed by atoms with Gasteiger partial charge in [-0.25, -0.2) is 4.90 Å². The van der Waals surface area contributed by atoms with Crippen LogP contribution in [0.25, 0.3) is 0 Å². The van der Waals surface area contributed by atoms with Crippen LogP contribution in [0.5, 0.6) is 0 Å². The maximum absolute atomic E-state index is 12.1. The second-order valence-electron chi connectivity index (χ2n) is 11.4. The molecule has 4 saturated heterocycles. The fourth-order valence-corrected chi connectivity index (χ4v) is 10.0. The molecule has 0 aromatic rings. The van der Waals surface area contributed by atoms with Gasteiger partial charge < -0.3 is 14.2 Å². The molecule has 4 heterocycles. The second-order valence-corrected chi connectivity index (χ2v) is 11.4. The minimum atomic E-state index is -0.169. The van der Waals surface area contributed by atoms with Gasteiger partial charge in [-0.05, 0) is 61.9 Å². The summed E-state index contributed by atoms with van der Waals surface area (Å²) in [6, 6.07) is 0. The van der Waals surface area contributed by atoms with Gasteiger partial charge >= 0.3 is 5.97 Å². The summed E-state index contributed by atoms with van der Waals surface area (Å²) in [5, 5.41) is 0. The molecule has 0 aromatic carbocycles. The molecule has 29 heavy (non-hydrogen) atoms. The van der Waals surface area contributed by atoms with E-state index < -0.39 is 0 Å². The summed E-state index contributed by atoms with van der Waals surface area (Å²) in [5.74, 6) is 1.57. The number of ether oxygens (including phenoxy) is 3. The molecule has 9 aliphatic rings. The first-order chi connectivity index (χ1) is 13.9. The summed E-state index contributed by atoms with van der Waals surface area (Å²) >= 11 is 0. The van der Waals surface area contributed by atoms with Crippen molar-refractivity contribution in [1.29, 1.82) is 0 Å². The standard InChI is InChI=1S/C24H33NO4/c1-13-15-5-8-24(19(13)28-14(2)26)17(11-15)23-7-4-6-22(3)16(23)12-18(24)29-21(23)25-9-10-27-20(22)25/h15-21H,1,4-12H2,2-3H3/t15-,16-,17-,18+,19?,20-,21-,22?,23-,24+/m0/s1. The van der Waals surface area contributed by atoms with Gasteiger partial charge in [-0.15, -0.1) is 0 Å². The number of hydrogen-bond donors (Lipinski definition) is 0. The van der Waals surface area contributed by atoms with Crippen LogP contribution in [-0.4, -0.2) is 48.7 Å². The van der Waals surface area contributed by atoms with Crippen molar-refractivity contribution in [2.45, 2.75) is 83.5 Å². The molecule has 2 spiro atoms. The van der Waals surface area contributed by atoms with Crippen molar-refractivity contribution in [1.82, 2.24) is 4.90 Å². The normalized spacial score (nSPS) is 59.4. The smallest absolute Gasteiger partial charge is 0.303 e. The zero-order chi connectivity index (χ0) is 19.8. The Morgan fingerprint density at radius 1 is 1.17 bits per heavy atom. The van der Waals surface area contributed by atoms with E-state index in [1.807, 2.05) is 0 Å². The minimum absolute atomic E-state index is 0.0594. The highest BCUT2D eigenvalue weighted by Gasteiger charge is 2.81. The highest BCUT2D eigenvalue weighted by Crippen LogP contribution is 2.79. The summed E-state index contributed by atoms with van der Waals surface area (Å²) in [6.07, 6.45) is 8.86.